The number of nitrogens with one attached hydrogen (secondary N) is 1. The first-order chi connectivity index (χ1) is 14.6. The van der Waals surface area contributed by atoms with Crippen molar-refractivity contribution in [3.8, 4) is 17.1 Å². The van der Waals surface area contributed by atoms with Gasteiger partial charge in [-0.15, -0.1) is 10.2 Å². The summed E-state index contributed by atoms with van der Waals surface area (Å²) in [6, 6.07) is 13.4. The SMILES string of the molecule is Cc1nn(-c2ccccc2)c(C)c1NC(=O)CCSc1nnc(-c2ccncc2)o1. The van der Waals surface area contributed by atoms with Crippen molar-refractivity contribution < 1.29 is 9.21 Å². The number of rotatable bonds is 7. The van der Waals surface area contributed by atoms with Gasteiger partial charge in [0.25, 0.3) is 5.22 Å². The van der Waals surface area contributed by atoms with Gasteiger partial charge in [-0.2, -0.15) is 5.10 Å². The summed E-state index contributed by atoms with van der Waals surface area (Å²) in [6.45, 7) is 3.83. The number of aryl methyl sites for hydroxylation is 1. The predicted octanol–water partition coefficient (Wildman–Crippen LogP) is 4.06. The summed E-state index contributed by atoms with van der Waals surface area (Å²) in [6.07, 6.45) is 3.65. The van der Waals surface area contributed by atoms with Gasteiger partial charge < -0.3 is 9.73 Å². The normalized spacial score (nSPS) is 10.9. The average molecular weight is 420 g/mol. The van der Waals surface area contributed by atoms with E-state index in [1.807, 2.05) is 48.9 Å². The lowest BCUT2D eigenvalue weighted by Crippen LogP contribution is -2.13. The highest BCUT2D eigenvalue weighted by atomic mass is 32.2. The monoisotopic (exact) mass is 420 g/mol. The summed E-state index contributed by atoms with van der Waals surface area (Å²) in [4.78, 5) is 16.4. The molecule has 0 spiro atoms. The molecule has 152 valence electrons. The van der Waals surface area contributed by atoms with Crippen molar-refractivity contribution in [1.82, 2.24) is 25.0 Å². The quantitative estimate of drug-likeness (QED) is 0.450. The molecule has 0 radical (unpaired) electrons. The van der Waals surface area contributed by atoms with Gasteiger partial charge in [0, 0.05) is 30.1 Å². The van der Waals surface area contributed by atoms with Crippen LogP contribution in [0.1, 0.15) is 17.8 Å². The van der Waals surface area contributed by atoms with Gasteiger partial charge in [-0.05, 0) is 38.1 Å². The van der Waals surface area contributed by atoms with E-state index in [0.29, 0.717) is 23.3 Å². The number of thioether (sulfide) groups is 1. The van der Waals surface area contributed by atoms with E-state index in [2.05, 4.69) is 25.6 Å². The molecule has 3 aromatic heterocycles. The Morgan fingerprint density at radius 1 is 1.10 bits per heavy atom. The van der Waals surface area contributed by atoms with E-state index in [9.17, 15) is 4.79 Å². The maximum absolute atomic E-state index is 12.4. The summed E-state index contributed by atoms with van der Waals surface area (Å²) < 4.78 is 7.46. The topological polar surface area (TPSA) is 98.7 Å². The summed E-state index contributed by atoms with van der Waals surface area (Å²) >= 11 is 1.35. The molecule has 0 fully saturated rings. The van der Waals surface area contributed by atoms with E-state index in [1.165, 1.54) is 11.8 Å². The number of hydrogen-bond donors (Lipinski definition) is 1. The van der Waals surface area contributed by atoms with Crippen molar-refractivity contribution in [2.75, 3.05) is 11.1 Å². The molecule has 8 nitrogen and oxygen atoms in total. The molecule has 9 heteroatoms. The lowest BCUT2D eigenvalue weighted by Gasteiger charge is -2.06. The number of carbonyl (C=O) groups is 1. The van der Waals surface area contributed by atoms with Gasteiger partial charge in [-0.3, -0.25) is 9.78 Å². The van der Waals surface area contributed by atoms with Crippen LogP contribution in [0.2, 0.25) is 0 Å². The number of carbonyl (C=O) groups excluding carboxylic acids is 1. The number of benzene rings is 1. The fraction of sp³-hybridized carbons (Fsp3) is 0.190. The van der Waals surface area contributed by atoms with Gasteiger partial charge in [-0.25, -0.2) is 4.68 Å². The number of anilines is 1. The molecule has 0 atom stereocenters. The Labute approximate surface area is 177 Å². The minimum absolute atomic E-state index is 0.0878. The Balaban J connectivity index is 1.34. The predicted molar refractivity (Wildman–Crippen MR) is 115 cm³/mol. The van der Waals surface area contributed by atoms with Gasteiger partial charge in [0.05, 0.1) is 22.8 Å². The number of para-hydroxylation sites is 1. The minimum atomic E-state index is -0.0878. The second-order valence-corrected chi connectivity index (χ2v) is 7.59. The van der Waals surface area contributed by atoms with E-state index in [1.54, 1.807) is 24.5 Å². The van der Waals surface area contributed by atoms with Crippen LogP contribution >= 0.6 is 11.8 Å². The first-order valence-electron chi connectivity index (χ1n) is 9.40. The Hall–Kier alpha value is -3.46. The van der Waals surface area contributed by atoms with E-state index >= 15 is 0 Å². The van der Waals surface area contributed by atoms with Crippen LogP contribution in [-0.4, -0.2) is 36.6 Å². The molecule has 0 aliphatic heterocycles. The molecular weight excluding hydrogens is 400 g/mol. The molecule has 0 aliphatic carbocycles. The molecule has 1 amide bonds. The van der Waals surface area contributed by atoms with Crippen molar-refractivity contribution in [2.24, 2.45) is 0 Å². The third-order valence-corrected chi connectivity index (χ3v) is 5.27. The van der Waals surface area contributed by atoms with Crippen LogP contribution in [0.25, 0.3) is 17.1 Å². The molecule has 4 rings (SSSR count). The fourth-order valence-corrected chi connectivity index (χ4v) is 3.65. The Morgan fingerprint density at radius 2 is 1.87 bits per heavy atom. The zero-order chi connectivity index (χ0) is 20.9. The van der Waals surface area contributed by atoms with Crippen molar-refractivity contribution in [3.63, 3.8) is 0 Å². The van der Waals surface area contributed by atoms with Crippen LogP contribution in [0.5, 0.6) is 0 Å². The number of hydrogen-bond acceptors (Lipinski definition) is 7. The Kier molecular flexibility index (Phi) is 5.89. The summed E-state index contributed by atoms with van der Waals surface area (Å²) in [7, 11) is 0. The smallest absolute Gasteiger partial charge is 0.276 e. The first kappa shape index (κ1) is 19.8. The molecule has 0 unspecified atom stereocenters. The molecule has 0 bridgehead atoms. The molecule has 30 heavy (non-hydrogen) atoms. The molecule has 3 heterocycles. The van der Waals surface area contributed by atoms with Crippen molar-refractivity contribution >= 4 is 23.4 Å². The van der Waals surface area contributed by atoms with Crippen LogP contribution in [0.3, 0.4) is 0 Å². The number of aromatic nitrogens is 5. The zero-order valence-corrected chi connectivity index (χ0v) is 17.4. The second-order valence-electron chi connectivity index (χ2n) is 6.55. The molecule has 0 aliphatic rings. The molecule has 0 saturated carbocycles. The maximum Gasteiger partial charge on any atom is 0.276 e. The molecule has 4 aromatic rings. The summed E-state index contributed by atoms with van der Waals surface area (Å²) in [5.41, 5.74) is 4.17. The van der Waals surface area contributed by atoms with E-state index in [0.717, 1.165) is 28.3 Å². The third-order valence-electron chi connectivity index (χ3n) is 4.44. The Bertz CT molecular complexity index is 1140. The van der Waals surface area contributed by atoms with Crippen molar-refractivity contribution in [2.45, 2.75) is 25.5 Å². The van der Waals surface area contributed by atoms with Gasteiger partial charge in [-0.1, -0.05) is 30.0 Å². The van der Waals surface area contributed by atoms with Gasteiger partial charge in [0.15, 0.2) is 0 Å². The van der Waals surface area contributed by atoms with Crippen LogP contribution < -0.4 is 5.32 Å². The average Bonchev–Trinajstić information content (AvgIpc) is 3.35. The van der Waals surface area contributed by atoms with Crippen LogP contribution in [0.4, 0.5) is 5.69 Å². The lowest BCUT2D eigenvalue weighted by molar-refractivity contribution is -0.115. The molecule has 1 N–H and O–H groups in total. The third kappa shape index (κ3) is 4.41. The molecule has 1 aromatic carbocycles. The highest BCUT2D eigenvalue weighted by molar-refractivity contribution is 7.99. The largest absolute Gasteiger partial charge is 0.411 e. The van der Waals surface area contributed by atoms with E-state index < -0.39 is 0 Å². The number of pyridine rings is 1. The lowest BCUT2D eigenvalue weighted by atomic mass is 10.3. The maximum atomic E-state index is 12.4. The fourth-order valence-electron chi connectivity index (χ4n) is 2.96. The number of nitrogens with zero attached hydrogens (tertiary/aromatic N) is 5. The van der Waals surface area contributed by atoms with E-state index in [4.69, 9.17) is 4.42 Å². The second kappa shape index (κ2) is 8.91. The van der Waals surface area contributed by atoms with Crippen molar-refractivity contribution in [1.29, 1.82) is 0 Å². The van der Waals surface area contributed by atoms with Gasteiger partial charge >= 0.3 is 0 Å². The van der Waals surface area contributed by atoms with Gasteiger partial charge in [0.2, 0.25) is 11.8 Å². The van der Waals surface area contributed by atoms with Crippen LogP contribution in [0, 0.1) is 13.8 Å². The summed E-state index contributed by atoms with van der Waals surface area (Å²) in [5.74, 6) is 0.869. The molecule has 0 saturated heterocycles. The van der Waals surface area contributed by atoms with Crippen LogP contribution in [-0.2, 0) is 4.79 Å². The zero-order valence-electron chi connectivity index (χ0n) is 16.6. The Morgan fingerprint density at radius 3 is 2.63 bits per heavy atom. The van der Waals surface area contributed by atoms with Crippen molar-refractivity contribution in [3.05, 3.63) is 66.2 Å². The summed E-state index contributed by atoms with van der Waals surface area (Å²) in [5, 5.41) is 16.0. The van der Waals surface area contributed by atoms with Crippen LogP contribution in [0.15, 0.2) is 64.5 Å². The minimum Gasteiger partial charge on any atom is -0.411 e. The first-order valence-corrected chi connectivity index (χ1v) is 10.4. The molecular formula is C21H20N6O2S. The van der Waals surface area contributed by atoms with E-state index in [-0.39, 0.29) is 5.91 Å². The highest BCUT2D eigenvalue weighted by Gasteiger charge is 2.16. The standard InChI is InChI=1S/C21H20N6O2S/c1-14-19(15(2)27(26-14)17-6-4-3-5-7-17)23-18(28)10-13-30-21-25-24-20(29-21)16-8-11-22-12-9-16/h3-9,11-12H,10,13H2,1-2H3,(H,23,28). The highest BCUT2D eigenvalue weighted by Crippen LogP contribution is 2.25. The number of amides is 1. The van der Waals surface area contributed by atoms with Gasteiger partial charge in [0.1, 0.15) is 0 Å².